The predicted octanol–water partition coefficient (Wildman–Crippen LogP) is 12.8. The topological polar surface area (TPSA) is 158 Å². The average molecular weight is 1010 g/mol. The normalized spacial score (nSPS) is 34.8. The summed E-state index contributed by atoms with van der Waals surface area (Å²) in [6.07, 6.45) is 25.3. The molecule has 0 amide bonds. The molecule has 0 saturated heterocycles. The first kappa shape index (κ1) is 56.5. The van der Waals surface area contributed by atoms with Gasteiger partial charge in [0.1, 0.15) is 35.1 Å². The van der Waals surface area contributed by atoms with Gasteiger partial charge in [0.2, 0.25) is 0 Å². The smallest absolute Gasteiger partial charge is 0.311 e. The molecule has 9 aliphatic carbocycles. The summed E-state index contributed by atoms with van der Waals surface area (Å²) >= 11 is 0. The van der Waals surface area contributed by atoms with Crippen molar-refractivity contribution in [3.05, 3.63) is 0 Å². The second kappa shape index (κ2) is 23.8. The van der Waals surface area contributed by atoms with Gasteiger partial charge in [0.25, 0.3) is 0 Å². The molecule has 0 aromatic rings. The molecule has 9 rings (SSSR count). The Kier molecular flexibility index (Phi) is 18.7. The summed E-state index contributed by atoms with van der Waals surface area (Å²) in [5, 5.41) is 0. The van der Waals surface area contributed by atoms with Crippen molar-refractivity contribution in [1.82, 2.24) is 0 Å². The molecule has 0 aliphatic heterocycles. The second-order valence-corrected chi connectivity index (χ2v) is 25.7. The average Bonchev–Trinajstić information content (AvgIpc) is 4.23. The highest BCUT2D eigenvalue weighted by Crippen LogP contribution is 2.54. The summed E-state index contributed by atoms with van der Waals surface area (Å²) < 4.78 is 35.3. The minimum Gasteiger partial charge on any atom is -0.462 e. The molecule has 6 bridgehead atoms. The van der Waals surface area contributed by atoms with Crippen LogP contribution in [0.1, 0.15) is 236 Å². The fourth-order valence-electron chi connectivity index (χ4n) is 14.6. The quantitative estimate of drug-likeness (QED) is 0.100. The van der Waals surface area contributed by atoms with E-state index < -0.39 is 5.41 Å². The molecule has 12 nitrogen and oxygen atoms in total. The van der Waals surface area contributed by atoms with Gasteiger partial charge in [-0.25, -0.2) is 0 Å². The van der Waals surface area contributed by atoms with Gasteiger partial charge >= 0.3 is 35.8 Å². The van der Waals surface area contributed by atoms with Crippen LogP contribution in [-0.2, 0) is 57.2 Å². The van der Waals surface area contributed by atoms with Gasteiger partial charge in [-0.15, -0.1) is 0 Å². The highest BCUT2D eigenvalue weighted by Gasteiger charge is 2.56. The molecule has 0 aromatic heterocycles. The Hall–Kier alpha value is -3.18. The monoisotopic (exact) mass is 1010 g/mol. The Labute approximate surface area is 433 Å². The lowest BCUT2D eigenvalue weighted by atomic mass is 9.85. The van der Waals surface area contributed by atoms with Crippen molar-refractivity contribution in [1.29, 1.82) is 0 Å². The summed E-state index contributed by atoms with van der Waals surface area (Å²) in [6, 6.07) is 0. The Morgan fingerprint density at radius 2 is 0.806 bits per heavy atom. The molecule has 9 fully saturated rings. The van der Waals surface area contributed by atoms with Gasteiger partial charge in [-0.2, -0.15) is 0 Å². The number of hydrogen-bond donors (Lipinski definition) is 0. The van der Waals surface area contributed by atoms with E-state index in [1.807, 2.05) is 48.5 Å². The molecule has 14 unspecified atom stereocenters. The number of rotatable bonds is 17. The summed E-state index contributed by atoms with van der Waals surface area (Å²) in [5.41, 5.74) is -1.16. The maximum Gasteiger partial charge on any atom is 0.311 e. The van der Waals surface area contributed by atoms with Gasteiger partial charge in [0.15, 0.2) is 0 Å². The van der Waals surface area contributed by atoms with E-state index in [-0.39, 0.29) is 118 Å². The Bertz CT molecular complexity index is 1890. The van der Waals surface area contributed by atoms with Crippen LogP contribution in [0.5, 0.6) is 0 Å². The third kappa shape index (κ3) is 12.9. The van der Waals surface area contributed by atoms with Gasteiger partial charge in [0.05, 0.1) is 35.0 Å². The van der Waals surface area contributed by atoms with Crippen LogP contribution in [0.15, 0.2) is 0 Å². The molecule has 408 valence electrons. The Morgan fingerprint density at radius 3 is 1.12 bits per heavy atom. The lowest BCUT2D eigenvalue weighted by Crippen LogP contribution is -2.40. The zero-order valence-corrected chi connectivity index (χ0v) is 46.4. The SMILES string of the molecule is CCC(C)C(=O)OC1CC2CC(C(=O)OC3(C)CCCC3)C1C2.CCC(C)C(=O)OC1CC2CC(C(=O)OC3(CC)CCCC3)C1C2.CCC1(OC(=O)C2CC3CC(OC(=O)C(C)(C)CC)C2C3)CCCC1. The minimum atomic E-state index is -0.450. The lowest BCUT2D eigenvalue weighted by molar-refractivity contribution is -0.174. The summed E-state index contributed by atoms with van der Waals surface area (Å²) in [7, 11) is 0. The largest absolute Gasteiger partial charge is 0.462 e. The molecule has 72 heavy (non-hydrogen) atoms. The van der Waals surface area contributed by atoms with Gasteiger partial charge in [-0.05, 0) is 205 Å². The highest BCUT2D eigenvalue weighted by molar-refractivity contribution is 5.78. The molecule has 0 radical (unpaired) electrons. The number of carbonyl (C=O) groups excluding carboxylic acids is 6. The first-order chi connectivity index (χ1) is 34.2. The van der Waals surface area contributed by atoms with Crippen molar-refractivity contribution in [2.75, 3.05) is 0 Å². The molecule has 0 heterocycles. The first-order valence-corrected chi connectivity index (χ1v) is 29.5. The predicted molar refractivity (Wildman–Crippen MR) is 274 cm³/mol. The van der Waals surface area contributed by atoms with Gasteiger partial charge in [0, 0.05) is 17.8 Å². The number of carbonyl (C=O) groups is 6. The third-order valence-corrected chi connectivity index (χ3v) is 20.4. The maximum atomic E-state index is 12.9. The van der Waals surface area contributed by atoms with E-state index in [1.54, 1.807) is 0 Å². The number of esters is 6. The fraction of sp³-hybridized carbons (Fsp3) is 0.900. The van der Waals surface area contributed by atoms with Crippen molar-refractivity contribution in [3.63, 3.8) is 0 Å². The summed E-state index contributed by atoms with van der Waals surface area (Å²) in [4.78, 5) is 75.0. The van der Waals surface area contributed by atoms with Crippen molar-refractivity contribution >= 4 is 35.8 Å². The molecular formula is C60H96O12. The van der Waals surface area contributed by atoms with Crippen LogP contribution in [0.4, 0.5) is 0 Å². The molecular weight excluding hydrogens is 913 g/mol. The van der Waals surface area contributed by atoms with Gasteiger partial charge in [-0.3, -0.25) is 28.8 Å². The molecule has 9 aliphatic rings. The van der Waals surface area contributed by atoms with Crippen LogP contribution >= 0.6 is 0 Å². The van der Waals surface area contributed by atoms with Crippen molar-refractivity contribution < 1.29 is 57.2 Å². The van der Waals surface area contributed by atoms with Crippen LogP contribution in [0.25, 0.3) is 0 Å². The van der Waals surface area contributed by atoms with Crippen LogP contribution < -0.4 is 0 Å². The number of fused-ring (bicyclic) bond motifs is 6. The molecule has 0 aromatic carbocycles. The number of hydrogen-bond acceptors (Lipinski definition) is 12. The second-order valence-electron chi connectivity index (χ2n) is 25.7. The van der Waals surface area contributed by atoms with Crippen molar-refractivity contribution in [3.8, 4) is 0 Å². The van der Waals surface area contributed by atoms with Crippen LogP contribution in [0, 0.1) is 70.5 Å². The number of ether oxygens (including phenoxy) is 6. The van der Waals surface area contributed by atoms with Gasteiger partial charge < -0.3 is 28.4 Å². The van der Waals surface area contributed by atoms with E-state index in [4.69, 9.17) is 28.4 Å². The molecule has 12 heteroatoms. The first-order valence-electron chi connectivity index (χ1n) is 29.5. The van der Waals surface area contributed by atoms with E-state index in [2.05, 4.69) is 20.8 Å². The Balaban J connectivity index is 0.000000159. The van der Waals surface area contributed by atoms with Crippen LogP contribution in [-0.4, -0.2) is 70.9 Å². The summed E-state index contributed by atoms with van der Waals surface area (Å²) in [6.45, 7) is 20.0. The zero-order chi connectivity index (χ0) is 52.2. The molecule has 9 saturated carbocycles. The van der Waals surface area contributed by atoms with E-state index in [0.717, 1.165) is 167 Å². The van der Waals surface area contributed by atoms with E-state index in [9.17, 15) is 28.8 Å². The third-order valence-electron chi connectivity index (χ3n) is 20.4. The fourth-order valence-corrected chi connectivity index (χ4v) is 14.6. The molecule has 14 atom stereocenters. The van der Waals surface area contributed by atoms with Crippen LogP contribution in [0.3, 0.4) is 0 Å². The van der Waals surface area contributed by atoms with Gasteiger partial charge in [-0.1, -0.05) is 48.5 Å². The summed E-state index contributed by atoms with van der Waals surface area (Å²) in [5.74, 6) is 1.25. The van der Waals surface area contributed by atoms with Crippen molar-refractivity contribution in [2.45, 2.75) is 271 Å². The molecule has 0 spiro atoms. The zero-order valence-electron chi connectivity index (χ0n) is 46.4. The molecule has 0 N–H and O–H groups in total. The van der Waals surface area contributed by atoms with Crippen LogP contribution in [0.2, 0.25) is 0 Å². The van der Waals surface area contributed by atoms with E-state index >= 15 is 0 Å². The minimum absolute atomic E-state index is 0.0319. The lowest BCUT2D eigenvalue weighted by Gasteiger charge is -2.34. The Morgan fingerprint density at radius 1 is 0.472 bits per heavy atom. The maximum absolute atomic E-state index is 12.9. The standard InChI is InChI=1S/C21H34O4.C20H32O4.C19H30O4/c1-5-20(3,4)19(23)24-17-13-14-11-15(17)16(12-14)18(22)25-21(6-2)9-7-8-10-21;1-4-13(3)18(21)23-17-12-14-10-15(17)16(11-14)19(22)24-20(5-2)8-6-7-9-20;1-4-12(2)17(20)22-16-11-13-9-14(16)15(10-13)18(21)23-19(3)7-5-6-8-19/h14-17H,5-13H2,1-4H3;13-17H,4-12H2,1-3H3;12-16H,4-11H2,1-3H3. The van der Waals surface area contributed by atoms with E-state index in [0.29, 0.717) is 17.8 Å². The highest BCUT2D eigenvalue weighted by atomic mass is 16.6. The van der Waals surface area contributed by atoms with E-state index in [1.165, 1.54) is 0 Å². The van der Waals surface area contributed by atoms with Crippen molar-refractivity contribution in [2.24, 2.45) is 70.5 Å².